The smallest absolute Gasteiger partial charge is 0.124 e. The molecule has 0 heterocycles. The predicted molar refractivity (Wildman–Crippen MR) is 103 cm³/mol. The van der Waals surface area contributed by atoms with Crippen LogP contribution in [0.15, 0.2) is 47.4 Å². The zero-order chi connectivity index (χ0) is 20.1. The third-order valence-corrected chi connectivity index (χ3v) is 4.61. The molecule has 0 aromatic heterocycles. The summed E-state index contributed by atoms with van der Waals surface area (Å²) in [5, 5.41) is 9.44. The first kappa shape index (κ1) is 22.2. The van der Waals surface area contributed by atoms with E-state index in [1.54, 1.807) is 20.8 Å². The molecule has 2 aromatic carbocycles. The highest BCUT2D eigenvalue weighted by molar-refractivity contribution is 7.85. The van der Waals surface area contributed by atoms with Gasteiger partial charge in [-0.3, -0.25) is 0 Å². The number of phenols is 1. The summed E-state index contributed by atoms with van der Waals surface area (Å²) in [7, 11) is 2.13. The fraction of sp³-hybridized carbons (Fsp3) is 0.400. The van der Waals surface area contributed by atoms with Gasteiger partial charge in [-0.15, -0.1) is 0 Å². The monoisotopic (exact) mass is 379 g/mol. The van der Waals surface area contributed by atoms with Gasteiger partial charge in [-0.2, -0.15) is 0 Å². The summed E-state index contributed by atoms with van der Waals surface area (Å²) in [5.41, 5.74) is 2.14. The molecule has 0 fully saturated rings. The topological polar surface area (TPSA) is 77.4 Å². The summed E-state index contributed by atoms with van der Waals surface area (Å²) in [6.07, 6.45) is 0. The second kappa shape index (κ2) is 8.66. The number of nitrogens with zero attached hydrogens (tertiary/aromatic N) is 1. The normalized spacial score (nSPS) is 11.8. The molecule has 6 heteroatoms. The van der Waals surface area contributed by atoms with Crippen LogP contribution < -0.4 is 0 Å². The number of aryl methyl sites for hydroxylation is 1. The number of rotatable bonds is 4. The van der Waals surface area contributed by atoms with Gasteiger partial charge in [-0.25, -0.2) is 8.42 Å². The minimum absolute atomic E-state index is 0.00565. The molecule has 0 saturated heterocycles. The van der Waals surface area contributed by atoms with Crippen LogP contribution in [0.5, 0.6) is 5.75 Å². The van der Waals surface area contributed by atoms with Crippen molar-refractivity contribution in [2.45, 2.75) is 38.1 Å². The fourth-order valence-corrected chi connectivity index (χ4v) is 3.39. The summed E-state index contributed by atoms with van der Waals surface area (Å²) < 4.78 is 33.9. The number of hydrogen-bond donors (Lipinski definition) is 1. The van der Waals surface area contributed by atoms with Crippen molar-refractivity contribution < 1.29 is 22.6 Å². The summed E-state index contributed by atoms with van der Waals surface area (Å²) in [5.74, 6) is -0.124. The zero-order valence-electron chi connectivity index (χ0n) is 16.4. The lowest BCUT2D eigenvalue weighted by molar-refractivity contribution is -0.884. The van der Waals surface area contributed by atoms with Crippen molar-refractivity contribution in [3.8, 4) is 5.75 Å². The van der Waals surface area contributed by atoms with E-state index in [-0.39, 0.29) is 16.6 Å². The van der Waals surface area contributed by atoms with E-state index >= 15 is 0 Å². The lowest BCUT2D eigenvalue weighted by Gasteiger charge is -2.23. The molecule has 2 aromatic rings. The van der Waals surface area contributed by atoms with Crippen LogP contribution >= 0.6 is 0 Å². The molecule has 0 radical (unpaired) electrons. The lowest BCUT2D eigenvalue weighted by atomic mass is 10.0. The molecular weight excluding hydrogens is 350 g/mol. The molecule has 26 heavy (non-hydrogen) atoms. The molecule has 2 rings (SSSR count). The van der Waals surface area contributed by atoms with E-state index in [4.69, 9.17) is 0 Å². The van der Waals surface area contributed by atoms with Crippen LogP contribution in [0.25, 0.3) is 0 Å². The summed E-state index contributed by atoms with van der Waals surface area (Å²) in [6, 6.07) is 13.1. The van der Waals surface area contributed by atoms with Gasteiger partial charge < -0.3 is 14.1 Å². The summed E-state index contributed by atoms with van der Waals surface area (Å²) in [4.78, 5) is -0.243. The van der Waals surface area contributed by atoms with Gasteiger partial charge in [0.2, 0.25) is 0 Å². The molecule has 0 aliphatic rings. The van der Waals surface area contributed by atoms with Gasteiger partial charge in [-0.05, 0) is 36.1 Å². The van der Waals surface area contributed by atoms with Crippen molar-refractivity contribution in [1.82, 2.24) is 0 Å². The van der Waals surface area contributed by atoms with Gasteiger partial charge in [0.1, 0.15) is 22.4 Å². The number of phenolic OH excluding ortho intramolecular Hbond substituents is 1. The van der Waals surface area contributed by atoms with Crippen molar-refractivity contribution in [3.63, 3.8) is 0 Å². The standard InChI is InChI=1S/C10H16N.C10H14O4S/c1-11(2,3)9-10-7-5-4-6-8-10;1-6(2)8-5-9(11)7(3)4-10(8)15(12,13)14/h4-8H,9H2,1-3H3;4-6,11H,1-3H3,(H,12,13,14)/q+1;/p-1. The first-order valence-electron chi connectivity index (χ1n) is 8.45. The van der Waals surface area contributed by atoms with E-state index in [1.807, 2.05) is 0 Å². The Labute approximate surface area is 157 Å². The van der Waals surface area contributed by atoms with Crippen molar-refractivity contribution in [2.75, 3.05) is 21.1 Å². The fourth-order valence-electron chi connectivity index (χ4n) is 2.49. The number of hydrogen-bond acceptors (Lipinski definition) is 4. The molecule has 5 nitrogen and oxygen atoms in total. The Morgan fingerprint density at radius 3 is 2.04 bits per heavy atom. The largest absolute Gasteiger partial charge is 0.744 e. The number of benzene rings is 2. The second-order valence-electron chi connectivity index (χ2n) is 7.72. The van der Waals surface area contributed by atoms with Crippen LogP contribution in [0.3, 0.4) is 0 Å². The molecule has 0 aliphatic carbocycles. The molecular formula is C20H29NO4S. The van der Waals surface area contributed by atoms with Crippen LogP contribution in [-0.2, 0) is 16.7 Å². The van der Waals surface area contributed by atoms with Gasteiger partial charge in [0.05, 0.1) is 26.0 Å². The predicted octanol–water partition coefficient (Wildman–Crippen LogP) is 3.62. The van der Waals surface area contributed by atoms with Gasteiger partial charge in [0.15, 0.2) is 0 Å². The van der Waals surface area contributed by atoms with E-state index < -0.39 is 10.1 Å². The van der Waals surface area contributed by atoms with E-state index in [1.165, 1.54) is 17.7 Å². The van der Waals surface area contributed by atoms with Crippen molar-refractivity contribution in [1.29, 1.82) is 0 Å². The molecule has 0 spiro atoms. The Balaban J connectivity index is 0.000000273. The first-order valence-corrected chi connectivity index (χ1v) is 9.86. The van der Waals surface area contributed by atoms with E-state index in [0.717, 1.165) is 11.0 Å². The Kier molecular flexibility index (Phi) is 7.38. The molecule has 144 valence electrons. The van der Waals surface area contributed by atoms with E-state index in [0.29, 0.717) is 11.1 Å². The Morgan fingerprint density at radius 2 is 1.62 bits per heavy atom. The molecule has 1 N–H and O–H groups in total. The Hall–Kier alpha value is -1.89. The van der Waals surface area contributed by atoms with Gasteiger partial charge in [0.25, 0.3) is 0 Å². The van der Waals surface area contributed by atoms with Crippen LogP contribution in [0.2, 0.25) is 0 Å². The highest BCUT2D eigenvalue weighted by atomic mass is 32.2. The summed E-state index contributed by atoms with van der Waals surface area (Å²) in [6.45, 7) is 6.17. The molecule has 0 saturated carbocycles. The minimum Gasteiger partial charge on any atom is -0.744 e. The van der Waals surface area contributed by atoms with Crippen LogP contribution in [-0.4, -0.2) is 43.7 Å². The lowest BCUT2D eigenvalue weighted by Crippen LogP contribution is -2.33. The number of aromatic hydroxyl groups is 1. The van der Waals surface area contributed by atoms with Gasteiger partial charge >= 0.3 is 0 Å². The van der Waals surface area contributed by atoms with Gasteiger partial charge in [0, 0.05) is 5.56 Å². The van der Waals surface area contributed by atoms with Crippen LogP contribution in [0.4, 0.5) is 0 Å². The second-order valence-corrected chi connectivity index (χ2v) is 9.07. The Bertz CT molecular complexity index is 823. The maximum Gasteiger partial charge on any atom is 0.124 e. The molecule has 0 unspecified atom stereocenters. The van der Waals surface area contributed by atoms with Crippen molar-refractivity contribution >= 4 is 10.1 Å². The third-order valence-electron chi connectivity index (χ3n) is 3.72. The number of quaternary nitrogens is 1. The molecule has 0 aliphatic heterocycles. The SMILES string of the molecule is C[N+](C)(C)Cc1ccccc1.Cc1cc(S(=O)(=O)[O-])c(C(C)C)cc1O. The van der Waals surface area contributed by atoms with Crippen LogP contribution in [0.1, 0.15) is 36.5 Å². The average Bonchev–Trinajstić information content (AvgIpc) is 2.48. The molecule has 0 amide bonds. The van der Waals surface area contributed by atoms with E-state index in [9.17, 15) is 18.1 Å². The minimum atomic E-state index is -4.48. The van der Waals surface area contributed by atoms with Crippen molar-refractivity contribution in [2.24, 2.45) is 0 Å². The zero-order valence-corrected chi connectivity index (χ0v) is 17.2. The van der Waals surface area contributed by atoms with E-state index in [2.05, 4.69) is 51.5 Å². The highest BCUT2D eigenvalue weighted by Gasteiger charge is 2.14. The van der Waals surface area contributed by atoms with Crippen molar-refractivity contribution in [3.05, 3.63) is 59.2 Å². The third kappa shape index (κ3) is 7.15. The maximum absolute atomic E-state index is 11.0. The first-order chi connectivity index (χ1) is 11.8. The average molecular weight is 380 g/mol. The molecule has 0 atom stereocenters. The quantitative estimate of drug-likeness (QED) is 0.650. The maximum atomic E-state index is 11.0. The molecule has 0 bridgehead atoms. The highest BCUT2D eigenvalue weighted by Crippen LogP contribution is 2.30. The summed E-state index contributed by atoms with van der Waals surface area (Å²) >= 11 is 0. The van der Waals surface area contributed by atoms with Crippen LogP contribution in [0, 0.1) is 6.92 Å². The Morgan fingerprint density at radius 1 is 1.08 bits per heavy atom. The van der Waals surface area contributed by atoms with Gasteiger partial charge in [-0.1, -0.05) is 44.2 Å².